The fourth-order valence-corrected chi connectivity index (χ4v) is 4.45. The Bertz CT molecular complexity index is 681. The number of hydrogen-bond acceptors (Lipinski definition) is 4. The standard InChI is InChI=1S/C19H24N2OS2/c1-3-19(22)20-12-17(14-4-6-16(23-2)7-5-14)21-10-8-18-15(13-21)9-11-24-18/h4-7,9,11,17H,3,8,10,12-13H2,1-2H3,(H,20,22). The minimum Gasteiger partial charge on any atom is -0.354 e. The third kappa shape index (κ3) is 4.02. The lowest BCUT2D eigenvalue weighted by Gasteiger charge is -2.35. The van der Waals surface area contributed by atoms with Crippen molar-refractivity contribution < 1.29 is 4.79 Å². The number of carbonyl (C=O) groups is 1. The van der Waals surface area contributed by atoms with Gasteiger partial charge in [-0.15, -0.1) is 23.1 Å². The van der Waals surface area contributed by atoms with Crippen molar-refractivity contribution in [3.8, 4) is 0 Å². The van der Waals surface area contributed by atoms with Crippen LogP contribution < -0.4 is 5.32 Å². The van der Waals surface area contributed by atoms with Crippen molar-refractivity contribution in [2.45, 2.75) is 37.2 Å². The number of nitrogens with one attached hydrogen (secondary N) is 1. The van der Waals surface area contributed by atoms with Gasteiger partial charge in [0.1, 0.15) is 0 Å². The van der Waals surface area contributed by atoms with Crippen molar-refractivity contribution in [3.63, 3.8) is 0 Å². The number of rotatable bonds is 6. The van der Waals surface area contributed by atoms with Gasteiger partial charge in [0.2, 0.25) is 5.91 Å². The topological polar surface area (TPSA) is 32.3 Å². The van der Waals surface area contributed by atoms with E-state index < -0.39 is 0 Å². The molecule has 1 aromatic heterocycles. The average Bonchev–Trinajstić information content (AvgIpc) is 3.10. The number of hydrogen-bond donors (Lipinski definition) is 1. The molecule has 1 aliphatic rings. The molecule has 5 heteroatoms. The zero-order valence-corrected chi connectivity index (χ0v) is 15.9. The van der Waals surface area contributed by atoms with Gasteiger partial charge >= 0.3 is 0 Å². The molecule has 128 valence electrons. The summed E-state index contributed by atoms with van der Waals surface area (Å²) in [6.45, 7) is 4.58. The minimum atomic E-state index is 0.119. The van der Waals surface area contributed by atoms with Crippen LogP contribution in [0.2, 0.25) is 0 Å². The number of nitrogens with zero attached hydrogens (tertiary/aromatic N) is 1. The third-order valence-electron chi connectivity index (χ3n) is 4.59. The van der Waals surface area contributed by atoms with E-state index in [1.807, 2.05) is 18.3 Å². The van der Waals surface area contributed by atoms with Crippen molar-refractivity contribution in [3.05, 3.63) is 51.7 Å². The van der Waals surface area contributed by atoms with Crippen molar-refractivity contribution in [1.82, 2.24) is 10.2 Å². The van der Waals surface area contributed by atoms with E-state index in [1.165, 1.54) is 20.9 Å². The Labute approximate surface area is 152 Å². The Balaban J connectivity index is 1.80. The fraction of sp³-hybridized carbons (Fsp3) is 0.421. The molecule has 24 heavy (non-hydrogen) atoms. The molecule has 0 saturated carbocycles. The van der Waals surface area contributed by atoms with Crippen LogP contribution in [0.3, 0.4) is 0 Å². The summed E-state index contributed by atoms with van der Waals surface area (Å²) in [5.41, 5.74) is 2.72. The highest BCUT2D eigenvalue weighted by atomic mass is 32.2. The van der Waals surface area contributed by atoms with Crippen LogP contribution in [0.15, 0.2) is 40.6 Å². The van der Waals surface area contributed by atoms with E-state index in [9.17, 15) is 4.79 Å². The lowest BCUT2D eigenvalue weighted by atomic mass is 10.0. The van der Waals surface area contributed by atoms with Crippen molar-refractivity contribution >= 4 is 29.0 Å². The van der Waals surface area contributed by atoms with E-state index in [1.54, 1.807) is 11.8 Å². The van der Waals surface area contributed by atoms with Gasteiger partial charge in [-0.1, -0.05) is 19.1 Å². The largest absolute Gasteiger partial charge is 0.354 e. The van der Waals surface area contributed by atoms with E-state index in [0.717, 1.165) is 19.5 Å². The highest BCUT2D eigenvalue weighted by Gasteiger charge is 2.25. The zero-order valence-electron chi connectivity index (χ0n) is 14.2. The maximum atomic E-state index is 11.8. The summed E-state index contributed by atoms with van der Waals surface area (Å²) in [6, 6.07) is 11.2. The molecule has 3 rings (SSSR count). The molecular weight excluding hydrogens is 336 g/mol. The Morgan fingerprint density at radius 1 is 1.33 bits per heavy atom. The van der Waals surface area contributed by atoms with Gasteiger partial charge in [-0.05, 0) is 47.4 Å². The first-order chi connectivity index (χ1) is 11.7. The molecule has 1 amide bonds. The number of benzene rings is 1. The smallest absolute Gasteiger partial charge is 0.219 e. The van der Waals surface area contributed by atoms with Crippen LogP contribution in [0.1, 0.15) is 35.4 Å². The minimum absolute atomic E-state index is 0.119. The van der Waals surface area contributed by atoms with E-state index in [2.05, 4.69) is 52.2 Å². The molecule has 0 saturated heterocycles. The van der Waals surface area contributed by atoms with Crippen molar-refractivity contribution in [2.75, 3.05) is 19.3 Å². The van der Waals surface area contributed by atoms with E-state index in [0.29, 0.717) is 13.0 Å². The Morgan fingerprint density at radius 3 is 2.83 bits per heavy atom. The number of thiophene rings is 1. The molecule has 0 bridgehead atoms. The highest BCUT2D eigenvalue weighted by Crippen LogP contribution is 2.31. The normalized spacial score (nSPS) is 15.8. The lowest BCUT2D eigenvalue weighted by molar-refractivity contribution is -0.121. The van der Waals surface area contributed by atoms with Gasteiger partial charge in [0.05, 0.1) is 6.04 Å². The van der Waals surface area contributed by atoms with Gasteiger partial charge < -0.3 is 5.32 Å². The maximum absolute atomic E-state index is 11.8. The van der Waals surface area contributed by atoms with Crippen LogP contribution in [-0.2, 0) is 17.8 Å². The molecule has 1 unspecified atom stereocenters. The lowest BCUT2D eigenvalue weighted by Crippen LogP contribution is -2.40. The first-order valence-electron chi connectivity index (χ1n) is 8.41. The summed E-state index contributed by atoms with van der Waals surface area (Å²) in [4.78, 5) is 17.0. The quantitative estimate of drug-likeness (QED) is 0.787. The summed E-state index contributed by atoms with van der Waals surface area (Å²) in [7, 11) is 0. The van der Waals surface area contributed by atoms with Crippen LogP contribution >= 0.6 is 23.1 Å². The number of carbonyl (C=O) groups excluding carboxylic acids is 1. The Hall–Kier alpha value is -1.30. The molecule has 1 aliphatic heterocycles. The van der Waals surface area contributed by atoms with Crippen LogP contribution in [0.5, 0.6) is 0 Å². The average molecular weight is 361 g/mol. The van der Waals surface area contributed by atoms with E-state index in [-0.39, 0.29) is 11.9 Å². The molecule has 0 aliphatic carbocycles. The van der Waals surface area contributed by atoms with Gasteiger partial charge in [-0.3, -0.25) is 9.69 Å². The van der Waals surface area contributed by atoms with Crippen molar-refractivity contribution in [2.24, 2.45) is 0 Å². The molecule has 0 fully saturated rings. The predicted molar refractivity (Wildman–Crippen MR) is 103 cm³/mol. The fourth-order valence-electron chi connectivity index (χ4n) is 3.16. The number of fused-ring (bicyclic) bond motifs is 1. The summed E-state index contributed by atoms with van der Waals surface area (Å²) >= 11 is 3.62. The van der Waals surface area contributed by atoms with Gasteiger partial charge in [-0.2, -0.15) is 0 Å². The van der Waals surface area contributed by atoms with Gasteiger partial charge in [0, 0.05) is 35.8 Å². The monoisotopic (exact) mass is 360 g/mol. The zero-order chi connectivity index (χ0) is 16.9. The summed E-state index contributed by atoms with van der Waals surface area (Å²) in [6.07, 6.45) is 3.73. The SMILES string of the molecule is CCC(=O)NCC(c1ccc(SC)cc1)N1CCc2sccc2C1. The molecule has 3 nitrogen and oxygen atoms in total. The molecule has 0 spiro atoms. The van der Waals surface area contributed by atoms with Gasteiger partial charge in [-0.25, -0.2) is 0 Å². The molecule has 2 aromatic rings. The molecule has 1 N–H and O–H groups in total. The first-order valence-corrected chi connectivity index (χ1v) is 10.5. The highest BCUT2D eigenvalue weighted by molar-refractivity contribution is 7.98. The molecular formula is C19H24N2OS2. The third-order valence-corrected chi connectivity index (χ3v) is 6.36. The first kappa shape index (κ1) is 17.5. The molecule has 1 aromatic carbocycles. The van der Waals surface area contributed by atoms with E-state index >= 15 is 0 Å². The molecule has 1 atom stereocenters. The van der Waals surface area contributed by atoms with Crippen LogP contribution in [0.4, 0.5) is 0 Å². The summed E-state index contributed by atoms with van der Waals surface area (Å²) in [5.74, 6) is 0.119. The van der Waals surface area contributed by atoms with Gasteiger partial charge in [0.15, 0.2) is 0 Å². The summed E-state index contributed by atoms with van der Waals surface area (Å²) in [5, 5.41) is 5.28. The molecule has 2 heterocycles. The second kappa shape index (κ2) is 8.19. The molecule has 0 radical (unpaired) electrons. The van der Waals surface area contributed by atoms with Crippen molar-refractivity contribution in [1.29, 1.82) is 0 Å². The Morgan fingerprint density at radius 2 is 2.12 bits per heavy atom. The van der Waals surface area contributed by atoms with E-state index in [4.69, 9.17) is 0 Å². The van der Waals surface area contributed by atoms with Crippen LogP contribution in [0.25, 0.3) is 0 Å². The Kier molecular flexibility index (Phi) is 5.98. The van der Waals surface area contributed by atoms with Gasteiger partial charge in [0.25, 0.3) is 0 Å². The maximum Gasteiger partial charge on any atom is 0.219 e. The van der Waals surface area contributed by atoms with Crippen LogP contribution in [0, 0.1) is 0 Å². The second-order valence-corrected chi connectivity index (χ2v) is 7.92. The summed E-state index contributed by atoms with van der Waals surface area (Å²) < 4.78 is 0. The second-order valence-electron chi connectivity index (χ2n) is 6.04. The van der Waals surface area contributed by atoms with Crippen LogP contribution in [-0.4, -0.2) is 30.2 Å². The predicted octanol–water partition coefficient (Wildman–Crippen LogP) is 4.10. The number of amides is 1. The number of thioether (sulfide) groups is 1.